The molecule has 0 spiro atoms. The number of nitro groups is 2. The van der Waals surface area contributed by atoms with Crippen LogP contribution in [0.2, 0.25) is 0 Å². The monoisotopic (exact) mass is 438 g/mol. The Balaban J connectivity index is 2.08. The molecule has 31 heavy (non-hydrogen) atoms. The summed E-state index contributed by atoms with van der Waals surface area (Å²) < 4.78 is 39.1. The van der Waals surface area contributed by atoms with Crippen molar-refractivity contribution in [2.75, 3.05) is 5.32 Å². The van der Waals surface area contributed by atoms with Crippen molar-refractivity contribution in [3.8, 4) is 0 Å². The largest absolute Gasteiger partial charge is 0.480 e. The highest BCUT2D eigenvalue weighted by Crippen LogP contribution is 2.41. The SMILES string of the molecule is O=C(O)C(Cc1c[nH]c2ccccc12)Nc1c([N+](=O)[O-])cc(C(F)(F)F)cc1[N+](=O)[O-]. The second-order valence-corrected chi connectivity index (χ2v) is 6.50. The maximum Gasteiger partial charge on any atom is 0.416 e. The third-order valence-corrected chi connectivity index (χ3v) is 4.53. The number of carbonyl (C=O) groups is 1. The van der Waals surface area contributed by atoms with E-state index in [2.05, 4.69) is 10.3 Å². The fraction of sp³-hybridized carbons (Fsp3) is 0.167. The number of para-hydroxylation sites is 1. The number of alkyl halides is 3. The molecular formula is C18H13F3N4O6. The zero-order valence-corrected chi connectivity index (χ0v) is 15.3. The number of benzene rings is 2. The number of carboxylic acid groups (broad SMARTS) is 1. The van der Waals surface area contributed by atoms with Gasteiger partial charge in [0.15, 0.2) is 5.69 Å². The van der Waals surface area contributed by atoms with E-state index in [0.717, 1.165) is 0 Å². The van der Waals surface area contributed by atoms with Gasteiger partial charge in [0.25, 0.3) is 11.4 Å². The van der Waals surface area contributed by atoms with Gasteiger partial charge in [-0.3, -0.25) is 20.2 Å². The first kappa shape index (κ1) is 21.5. The summed E-state index contributed by atoms with van der Waals surface area (Å²) in [4.78, 5) is 34.9. The third-order valence-electron chi connectivity index (χ3n) is 4.53. The maximum atomic E-state index is 13.0. The van der Waals surface area contributed by atoms with E-state index in [1.807, 2.05) is 0 Å². The van der Waals surface area contributed by atoms with Crippen molar-refractivity contribution < 1.29 is 32.9 Å². The van der Waals surface area contributed by atoms with Crippen LogP contribution in [-0.2, 0) is 17.4 Å². The van der Waals surface area contributed by atoms with E-state index in [-0.39, 0.29) is 18.6 Å². The Morgan fingerprint density at radius 3 is 2.23 bits per heavy atom. The van der Waals surface area contributed by atoms with Gasteiger partial charge in [-0.2, -0.15) is 13.2 Å². The molecule has 0 fully saturated rings. The zero-order chi connectivity index (χ0) is 22.9. The number of hydrogen-bond acceptors (Lipinski definition) is 6. The van der Waals surface area contributed by atoms with Gasteiger partial charge in [0.2, 0.25) is 0 Å². The van der Waals surface area contributed by atoms with Crippen molar-refractivity contribution in [1.29, 1.82) is 0 Å². The molecule has 1 atom stereocenters. The quantitative estimate of drug-likeness (QED) is 0.371. The highest BCUT2D eigenvalue weighted by molar-refractivity contribution is 5.86. The molecule has 13 heteroatoms. The standard InChI is InChI=1S/C18H13F3N4O6/c19-18(20,21)10-6-14(24(28)29)16(15(7-10)25(30)31)23-13(17(26)27)5-9-8-22-12-4-2-1-3-11(9)12/h1-4,6-8,13,22-23H,5H2,(H,26,27). The van der Waals surface area contributed by atoms with Gasteiger partial charge in [-0.15, -0.1) is 0 Å². The normalized spacial score (nSPS) is 12.5. The summed E-state index contributed by atoms with van der Waals surface area (Å²) in [6, 6.07) is 5.52. The molecule has 1 unspecified atom stereocenters. The number of anilines is 1. The van der Waals surface area contributed by atoms with Gasteiger partial charge < -0.3 is 15.4 Å². The molecule has 0 aliphatic carbocycles. The van der Waals surface area contributed by atoms with Crippen molar-refractivity contribution in [3.05, 3.63) is 74.0 Å². The average molecular weight is 438 g/mol. The molecule has 162 valence electrons. The molecule has 0 saturated heterocycles. The lowest BCUT2D eigenvalue weighted by atomic mass is 10.0. The number of nitrogens with one attached hydrogen (secondary N) is 2. The number of nitrogens with zero attached hydrogens (tertiary/aromatic N) is 2. The lowest BCUT2D eigenvalue weighted by molar-refractivity contribution is -0.392. The minimum Gasteiger partial charge on any atom is -0.480 e. The molecule has 3 rings (SSSR count). The van der Waals surface area contributed by atoms with E-state index < -0.39 is 50.7 Å². The lowest BCUT2D eigenvalue weighted by Crippen LogP contribution is -2.32. The highest BCUT2D eigenvalue weighted by atomic mass is 19.4. The highest BCUT2D eigenvalue weighted by Gasteiger charge is 2.38. The molecule has 3 N–H and O–H groups in total. The van der Waals surface area contributed by atoms with E-state index in [4.69, 9.17) is 0 Å². The van der Waals surface area contributed by atoms with Gasteiger partial charge in [-0.25, -0.2) is 4.79 Å². The first-order chi connectivity index (χ1) is 14.5. The second-order valence-electron chi connectivity index (χ2n) is 6.50. The molecule has 0 aliphatic heterocycles. The first-order valence-electron chi connectivity index (χ1n) is 8.57. The topological polar surface area (TPSA) is 151 Å². The van der Waals surface area contributed by atoms with Crippen LogP contribution in [0.4, 0.5) is 30.2 Å². The van der Waals surface area contributed by atoms with Crippen molar-refractivity contribution in [2.24, 2.45) is 0 Å². The number of aromatic amines is 1. The predicted octanol–water partition coefficient (Wildman–Crippen LogP) is 4.11. The van der Waals surface area contributed by atoms with Crippen LogP contribution in [0, 0.1) is 20.2 Å². The summed E-state index contributed by atoms with van der Waals surface area (Å²) in [7, 11) is 0. The van der Waals surface area contributed by atoms with Crippen LogP contribution in [-0.4, -0.2) is 31.9 Å². The van der Waals surface area contributed by atoms with Crippen molar-refractivity contribution in [2.45, 2.75) is 18.6 Å². The van der Waals surface area contributed by atoms with E-state index in [0.29, 0.717) is 16.5 Å². The number of halogens is 3. The molecule has 10 nitrogen and oxygen atoms in total. The molecular weight excluding hydrogens is 425 g/mol. The van der Waals surface area contributed by atoms with Crippen LogP contribution in [0.5, 0.6) is 0 Å². The Kier molecular flexibility index (Phi) is 5.51. The van der Waals surface area contributed by atoms with Crippen LogP contribution in [0.15, 0.2) is 42.6 Å². The molecule has 1 heterocycles. The van der Waals surface area contributed by atoms with Gasteiger partial charge in [0.05, 0.1) is 15.4 Å². The summed E-state index contributed by atoms with van der Waals surface area (Å²) in [5.41, 5.74) is -3.85. The Labute approximate surface area is 170 Å². The molecule has 0 saturated carbocycles. The summed E-state index contributed by atoms with van der Waals surface area (Å²) in [6.45, 7) is 0. The third kappa shape index (κ3) is 4.39. The maximum absolute atomic E-state index is 13.0. The number of hydrogen-bond donors (Lipinski definition) is 3. The average Bonchev–Trinajstić information content (AvgIpc) is 3.09. The first-order valence-corrected chi connectivity index (χ1v) is 8.57. The fourth-order valence-electron chi connectivity index (χ4n) is 3.11. The minimum atomic E-state index is -5.08. The lowest BCUT2D eigenvalue weighted by Gasteiger charge is -2.17. The van der Waals surface area contributed by atoms with Crippen molar-refractivity contribution >= 4 is 33.9 Å². The number of rotatable bonds is 7. The molecule has 0 radical (unpaired) electrons. The van der Waals surface area contributed by atoms with Crippen LogP contribution >= 0.6 is 0 Å². The Bertz CT molecular complexity index is 1160. The number of aliphatic carboxylic acids is 1. The van der Waals surface area contributed by atoms with Gasteiger partial charge in [-0.1, -0.05) is 18.2 Å². The molecule has 3 aromatic rings. The molecule has 0 bridgehead atoms. The summed E-state index contributed by atoms with van der Waals surface area (Å²) in [5.74, 6) is -1.51. The van der Waals surface area contributed by atoms with Crippen molar-refractivity contribution in [1.82, 2.24) is 4.98 Å². The number of carboxylic acids is 1. The Morgan fingerprint density at radius 2 is 1.71 bits per heavy atom. The Hall–Kier alpha value is -4.16. The van der Waals surface area contributed by atoms with Gasteiger partial charge in [0, 0.05) is 35.7 Å². The van der Waals surface area contributed by atoms with E-state index >= 15 is 0 Å². The zero-order valence-electron chi connectivity index (χ0n) is 15.3. The van der Waals surface area contributed by atoms with Gasteiger partial charge in [0.1, 0.15) is 6.04 Å². The number of aromatic nitrogens is 1. The van der Waals surface area contributed by atoms with Crippen LogP contribution in [0.1, 0.15) is 11.1 Å². The molecule has 1 aromatic heterocycles. The number of fused-ring (bicyclic) bond motifs is 1. The minimum absolute atomic E-state index is 0.125. The van der Waals surface area contributed by atoms with Crippen molar-refractivity contribution in [3.63, 3.8) is 0 Å². The number of nitro benzene ring substituents is 2. The van der Waals surface area contributed by atoms with Gasteiger partial charge in [-0.05, 0) is 11.6 Å². The Morgan fingerprint density at radius 1 is 1.13 bits per heavy atom. The number of H-pyrrole nitrogens is 1. The van der Waals surface area contributed by atoms with Crippen LogP contribution in [0.3, 0.4) is 0 Å². The molecule has 2 aromatic carbocycles. The predicted molar refractivity (Wildman–Crippen MR) is 102 cm³/mol. The summed E-state index contributed by atoms with van der Waals surface area (Å²) in [6.07, 6.45) is -3.82. The fourth-order valence-corrected chi connectivity index (χ4v) is 3.11. The van der Waals surface area contributed by atoms with Gasteiger partial charge >= 0.3 is 12.1 Å². The molecule has 0 aliphatic rings. The smallest absolute Gasteiger partial charge is 0.416 e. The van der Waals surface area contributed by atoms with E-state index in [9.17, 15) is 43.3 Å². The summed E-state index contributed by atoms with van der Waals surface area (Å²) in [5, 5.41) is 35.1. The van der Waals surface area contributed by atoms with E-state index in [1.54, 1.807) is 24.3 Å². The summed E-state index contributed by atoms with van der Waals surface area (Å²) >= 11 is 0. The van der Waals surface area contributed by atoms with Crippen LogP contribution in [0.25, 0.3) is 10.9 Å². The molecule has 0 amide bonds. The second kappa shape index (κ2) is 7.93. The van der Waals surface area contributed by atoms with E-state index in [1.165, 1.54) is 6.20 Å². The van der Waals surface area contributed by atoms with Crippen LogP contribution < -0.4 is 5.32 Å².